The number of nitrogens with two attached hydrogens (primary N) is 1. The molecule has 3 rings (SSSR count). The van der Waals surface area contributed by atoms with E-state index in [-0.39, 0.29) is 30.2 Å². The summed E-state index contributed by atoms with van der Waals surface area (Å²) in [4.78, 5) is 25.5. The van der Waals surface area contributed by atoms with Crippen molar-refractivity contribution in [3.8, 4) is 0 Å². The third-order valence-electron chi connectivity index (χ3n) is 3.97. The first-order valence-electron chi connectivity index (χ1n) is 7.22. The lowest BCUT2D eigenvalue weighted by Gasteiger charge is -2.15. The van der Waals surface area contributed by atoms with Gasteiger partial charge < -0.3 is 10.1 Å². The van der Waals surface area contributed by atoms with E-state index in [0.29, 0.717) is 12.2 Å². The quantitative estimate of drug-likeness (QED) is 0.807. The maximum atomic E-state index is 12.9. The van der Waals surface area contributed by atoms with Gasteiger partial charge >= 0.3 is 0 Å². The number of ether oxygens (including phenoxy) is 1. The number of quaternary nitrogens is 1. The Labute approximate surface area is 122 Å². The van der Waals surface area contributed by atoms with Crippen molar-refractivity contribution >= 4 is 17.5 Å². The Morgan fingerprint density at radius 1 is 1.29 bits per heavy atom. The van der Waals surface area contributed by atoms with Gasteiger partial charge in [0.15, 0.2) is 6.04 Å². The van der Waals surface area contributed by atoms with E-state index in [9.17, 15) is 14.0 Å². The number of rotatable bonds is 4. The summed E-state index contributed by atoms with van der Waals surface area (Å²) >= 11 is 0. The van der Waals surface area contributed by atoms with Crippen LogP contribution < -0.4 is 10.2 Å². The third-order valence-corrected chi connectivity index (χ3v) is 3.97. The van der Waals surface area contributed by atoms with E-state index in [0.717, 1.165) is 24.3 Å². The van der Waals surface area contributed by atoms with Crippen LogP contribution in [0, 0.1) is 5.82 Å². The number of carbonyl (C=O) groups excluding carboxylic acids is 2. The molecule has 0 aliphatic carbocycles. The number of hydrogen-bond donors (Lipinski definition) is 1. The Morgan fingerprint density at radius 3 is 2.71 bits per heavy atom. The molecule has 2 aliphatic heterocycles. The number of carbonyl (C=O) groups is 2. The van der Waals surface area contributed by atoms with Gasteiger partial charge in [-0.15, -0.1) is 0 Å². The molecule has 2 atom stereocenters. The van der Waals surface area contributed by atoms with Crippen LogP contribution in [0.5, 0.6) is 0 Å². The predicted molar refractivity (Wildman–Crippen MR) is 73.1 cm³/mol. The predicted octanol–water partition coefficient (Wildman–Crippen LogP) is 0.200. The molecule has 2 aliphatic rings. The lowest BCUT2D eigenvalue weighted by molar-refractivity contribution is -0.680. The summed E-state index contributed by atoms with van der Waals surface area (Å²) in [6, 6.07) is 5.01. The fraction of sp³-hybridized carbons (Fsp3) is 0.467. The zero-order chi connectivity index (χ0) is 14.8. The molecule has 0 bridgehead atoms. The van der Waals surface area contributed by atoms with E-state index in [1.807, 2.05) is 5.32 Å². The molecule has 6 heteroatoms. The van der Waals surface area contributed by atoms with Crippen LogP contribution >= 0.6 is 0 Å². The molecule has 2 amide bonds. The molecule has 0 spiro atoms. The Morgan fingerprint density at radius 2 is 2.05 bits per heavy atom. The summed E-state index contributed by atoms with van der Waals surface area (Å²) in [6.45, 7) is 1.47. The second kappa shape index (κ2) is 5.91. The zero-order valence-corrected chi connectivity index (χ0v) is 11.6. The van der Waals surface area contributed by atoms with Gasteiger partial charge in [-0.1, -0.05) is 0 Å². The summed E-state index contributed by atoms with van der Waals surface area (Å²) in [5.74, 6) is -0.857. The summed E-state index contributed by atoms with van der Waals surface area (Å²) in [5.41, 5.74) is 0.430. The number of nitrogens with zero attached hydrogens (tertiary/aromatic N) is 1. The Kier molecular flexibility index (Phi) is 3.98. The van der Waals surface area contributed by atoms with E-state index in [4.69, 9.17) is 4.74 Å². The van der Waals surface area contributed by atoms with Crippen molar-refractivity contribution in [2.45, 2.75) is 31.4 Å². The van der Waals surface area contributed by atoms with Crippen molar-refractivity contribution in [1.82, 2.24) is 0 Å². The lowest BCUT2D eigenvalue weighted by Crippen LogP contribution is -2.93. The van der Waals surface area contributed by atoms with E-state index < -0.39 is 6.04 Å². The van der Waals surface area contributed by atoms with Gasteiger partial charge in [-0.25, -0.2) is 9.29 Å². The largest absolute Gasteiger partial charge is 0.372 e. The minimum absolute atomic E-state index is 0.174. The summed E-state index contributed by atoms with van der Waals surface area (Å²) in [5, 5.41) is 1.89. The summed E-state index contributed by atoms with van der Waals surface area (Å²) in [7, 11) is 0. The molecule has 0 aromatic heterocycles. The Bertz CT molecular complexity index is 540. The first-order valence-corrected chi connectivity index (χ1v) is 7.22. The van der Waals surface area contributed by atoms with Crippen LogP contribution in [0.4, 0.5) is 10.1 Å². The first kappa shape index (κ1) is 14.2. The normalized spacial score (nSPS) is 25.9. The highest BCUT2D eigenvalue weighted by Gasteiger charge is 2.42. The fourth-order valence-electron chi connectivity index (χ4n) is 2.85. The molecular weight excluding hydrogens is 275 g/mol. The van der Waals surface area contributed by atoms with Crippen molar-refractivity contribution in [1.29, 1.82) is 0 Å². The number of benzene rings is 1. The zero-order valence-electron chi connectivity index (χ0n) is 11.6. The van der Waals surface area contributed by atoms with Gasteiger partial charge in [-0.05, 0) is 37.1 Å². The van der Waals surface area contributed by atoms with Crippen LogP contribution in [-0.2, 0) is 14.3 Å². The van der Waals surface area contributed by atoms with Crippen molar-refractivity contribution in [2.75, 3.05) is 18.1 Å². The molecule has 21 heavy (non-hydrogen) atoms. The lowest BCUT2D eigenvalue weighted by atomic mass is 10.2. The van der Waals surface area contributed by atoms with Crippen LogP contribution in [0.15, 0.2) is 24.3 Å². The van der Waals surface area contributed by atoms with Crippen molar-refractivity contribution < 1.29 is 24.0 Å². The van der Waals surface area contributed by atoms with Gasteiger partial charge in [0.2, 0.25) is 5.91 Å². The van der Waals surface area contributed by atoms with Gasteiger partial charge in [-0.3, -0.25) is 9.59 Å². The molecule has 0 saturated carbocycles. The molecule has 2 fully saturated rings. The topological polar surface area (TPSA) is 63.2 Å². The van der Waals surface area contributed by atoms with Crippen LogP contribution in [0.2, 0.25) is 0 Å². The van der Waals surface area contributed by atoms with Crippen molar-refractivity contribution in [3.05, 3.63) is 30.1 Å². The number of halogens is 1. The summed E-state index contributed by atoms with van der Waals surface area (Å²) in [6.07, 6.45) is 2.42. The van der Waals surface area contributed by atoms with Crippen LogP contribution in [0.1, 0.15) is 19.3 Å². The molecule has 0 unspecified atom stereocenters. The van der Waals surface area contributed by atoms with E-state index >= 15 is 0 Å². The molecule has 112 valence electrons. The van der Waals surface area contributed by atoms with Crippen LogP contribution in [0.3, 0.4) is 0 Å². The molecule has 2 N–H and O–H groups in total. The van der Waals surface area contributed by atoms with Gasteiger partial charge in [0.05, 0.1) is 12.1 Å². The molecule has 2 saturated heterocycles. The van der Waals surface area contributed by atoms with Crippen LogP contribution in [-0.4, -0.2) is 37.1 Å². The molecule has 2 heterocycles. The number of amides is 2. The number of imide groups is 1. The van der Waals surface area contributed by atoms with Crippen LogP contribution in [0.25, 0.3) is 0 Å². The highest BCUT2D eigenvalue weighted by atomic mass is 19.1. The highest BCUT2D eigenvalue weighted by molar-refractivity contribution is 6.21. The van der Waals surface area contributed by atoms with E-state index in [1.54, 1.807) is 0 Å². The average Bonchev–Trinajstić information content (AvgIpc) is 3.07. The summed E-state index contributed by atoms with van der Waals surface area (Å²) < 4.78 is 18.4. The second-order valence-electron chi connectivity index (χ2n) is 5.46. The van der Waals surface area contributed by atoms with Gasteiger partial charge in [0, 0.05) is 6.61 Å². The standard InChI is InChI=1S/C15H17FN2O3/c16-10-3-5-11(6-4-10)18-14(19)8-13(15(18)20)17-9-12-2-1-7-21-12/h3-6,12-13,17H,1-2,7-9H2/p+1/t12-,13+/m1/s1. The van der Waals surface area contributed by atoms with Gasteiger partial charge in [-0.2, -0.15) is 0 Å². The average molecular weight is 293 g/mol. The number of hydrogen-bond acceptors (Lipinski definition) is 3. The third kappa shape index (κ3) is 2.96. The smallest absolute Gasteiger partial charge is 0.292 e. The van der Waals surface area contributed by atoms with Gasteiger partial charge in [0.25, 0.3) is 5.91 Å². The second-order valence-corrected chi connectivity index (χ2v) is 5.46. The highest BCUT2D eigenvalue weighted by Crippen LogP contribution is 2.21. The van der Waals surface area contributed by atoms with E-state index in [2.05, 4.69) is 0 Å². The minimum atomic E-state index is -0.397. The Balaban J connectivity index is 1.65. The minimum Gasteiger partial charge on any atom is -0.372 e. The van der Waals surface area contributed by atoms with Crippen molar-refractivity contribution in [2.24, 2.45) is 0 Å². The first-order chi connectivity index (χ1) is 10.1. The Hall–Kier alpha value is -1.79. The number of anilines is 1. The fourth-order valence-corrected chi connectivity index (χ4v) is 2.85. The maximum absolute atomic E-state index is 12.9. The van der Waals surface area contributed by atoms with Gasteiger partial charge in [0.1, 0.15) is 18.5 Å². The molecule has 5 nitrogen and oxygen atoms in total. The van der Waals surface area contributed by atoms with Crippen molar-refractivity contribution in [3.63, 3.8) is 0 Å². The molecule has 1 aromatic carbocycles. The molecule has 0 radical (unpaired) electrons. The molecule has 1 aromatic rings. The van der Waals surface area contributed by atoms with E-state index in [1.165, 1.54) is 24.3 Å². The SMILES string of the molecule is O=C1C[C@H]([NH2+]C[C@H]2CCCO2)C(=O)N1c1ccc(F)cc1. The monoisotopic (exact) mass is 293 g/mol. The maximum Gasteiger partial charge on any atom is 0.292 e. The molecular formula is C15H18FN2O3+.